The maximum absolute atomic E-state index is 5.53. The van der Waals surface area contributed by atoms with Gasteiger partial charge in [0.2, 0.25) is 0 Å². The van der Waals surface area contributed by atoms with E-state index in [-0.39, 0.29) is 0 Å². The largest absolute Gasteiger partial charge is 0.385 e. The van der Waals surface area contributed by atoms with Gasteiger partial charge in [-0.2, -0.15) is 0 Å². The molecule has 102 valence electrons. The summed E-state index contributed by atoms with van der Waals surface area (Å²) in [6.45, 7) is 8.17. The number of hydrogen-bond donors (Lipinski definition) is 1. The molecule has 1 aliphatic carbocycles. The van der Waals surface area contributed by atoms with Crippen LogP contribution >= 0.6 is 0 Å². The highest BCUT2D eigenvalue weighted by Crippen LogP contribution is 2.29. The first-order valence-corrected chi connectivity index (χ1v) is 7.04. The molecule has 1 saturated carbocycles. The smallest absolute Gasteiger partial charge is 0.0591 e. The van der Waals surface area contributed by atoms with E-state index in [0.717, 1.165) is 44.6 Å². The van der Waals surface area contributed by atoms with E-state index in [1.54, 1.807) is 7.11 Å². The van der Waals surface area contributed by atoms with Crippen LogP contribution < -0.4 is 5.32 Å². The third kappa shape index (κ3) is 6.39. The minimum absolute atomic E-state index is 0.712. The second-order valence-electron chi connectivity index (χ2n) is 5.38. The van der Waals surface area contributed by atoms with Crippen molar-refractivity contribution < 1.29 is 9.47 Å². The fourth-order valence-corrected chi connectivity index (χ4v) is 2.48. The van der Waals surface area contributed by atoms with Crippen molar-refractivity contribution in [1.82, 2.24) is 5.32 Å². The molecule has 3 atom stereocenters. The van der Waals surface area contributed by atoms with E-state index in [2.05, 4.69) is 19.2 Å². The summed E-state index contributed by atoms with van der Waals surface area (Å²) in [4.78, 5) is 0. The Labute approximate surface area is 106 Å². The molecule has 1 fully saturated rings. The Bertz CT molecular complexity index is 187. The molecule has 0 spiro atoms. The first kappa shape index (κ1) is 14.9. The van der Waals surface area contributed by atoms with E-state index < -0.39 is 0 Å². The van der Waals surface area contributed by atoms with Crippen molar-refractivity contribution in [3.63, 3.8) is 0 Å². The highest BCUT2D eigenvalue weighted by molar-refractivity contribution is 4.79. The van der Waals surface area contributed by atoms with E-state index in [9.17, 15) is 0 Å². The SMILES string of the molecule is COCCCOCCNC1CCC(C)C(C)C1. The Kier molecular flexibility index (Phi) is 7.82. The van der Waals surface area contributed by atoms with Crippen molar-refractivity contribution in [3.05, 3.63) is 0 Å². The Morgan fingerprint density at radius 2 is 1.88 bits per heavy atom. The van der Waals surface area contributed by atoms with Crippen LogP contribution in [0, 0.1) is 11.8 Å². The molecule has 17 heavy (non-hydrogen) atoms. The fourth-order valence-electron chi connectivity index (χ4n) is 2.48. The summed E-state index contributed by atoms with van der Waals surface area (Å²) in [7, 11) is 1.73. The third-order valence-electron chi connectivity index (χ3n) is 3.91. The molecule has 0 bridgehead atoms. The van der Waals surface area contributed by atoms with E-state index in [1.165, 1.54) is 19.3 Å². The van der Waals surface area contributed by atoms with E-state index in [4.69, 9.17) is 9.47 Å². The number of ether oxygens (including phenoxy) is 2. The Morgan fingerprint density at radius 3 is 2.59 bits per heavy atom. The molecule has 0 aliphatic heterocycles. The second kappa shape index (κ2) is 8.90. The molecular formula is C14H29NO2. The molecule has 3 nitrogen and oxygen atoms in total. The minimum Gasteiger partial charge on any atom is -0.385 e. The van der Waals surface area contributed by atoms with Crippen molar-refractivity contribution in [1.29, 1.82) is 0 Å². The molecule has 0 amide bonds. The molecule has 0 aromatic rings. The first-order chi connectivity index (χ1) is 8.24. The molecule has 0 radical (unpaired) electrons. The van der Waals surface area contributed by atoms with Gasteiger partial charge in [-0.3, -0.25) is 0 Å². The standard InChI is InChI=1S/C14H29NO2/c1-12-5-6-14(11-13(12)2)15-7-10-17-9-4-8-16-3/h12-15H,4-11H2,1-3H3. The van der Waals surface area contributed by atoms with Gasteiger partial charge in [0.05, 0.1) is 6.61 Å². The van der Waals surface area contributed by atoms with Gasteiger partial charge in [-0.25, -0.2) is 0 Å². The molecular weight excluding hydrogens is 214 g/mol. The van der Waals surface area contributed by atoms with Crippen LogP contribution in [0.1, 0.15) is 39.5 Å². The number of rotatable bonds is 8. The summed E-state index contributed by atoms with van der Waals surface area (Å²) in [5, 5.41) is 3.61. The molecule has 0 heterocycles. The molecule has 3 unspecified atom stereocenters. The molecule has 0 aromatic heterocycles. The zero-order valence-corrected chi connectivity index (χ0v) is 11.7. The van der Waals surface area contributed by atoms with Crippen LogP contribution in [0.2, 0.25) is 0 Å². The first-order valence-electron chi connectivity index (χ1n) is 7.04. The molecule has 1 rings (SSSR count). The topological polar surface area (TPSA) is 30.5 Å². The maximum atomic E-state index is 5.53. The van der Waals surface area contributed by atoms with Gasteiger partial charge in [-0.1, -0.05) is 13.8 Å². The monoisotopic (exact) mass is 243 g/mol. The predicted octanol–water partition coefficient (Wildman–Crippen LogP) is 2.45. The number of nitrogens with one attached hydrogen (secondary N) is 1. The van der Waals surface area contributed by atoms with E-state index in [1.807, 2.05) is 0 Å². The minimum atomic E-state index is 0.712. The van der Waals surface area contributed by atoms with Gasteiger partial charge in [-0.15, -0.1) is 0 Å². The number of methoxy groups -OCH3 is 1. The zero-order valence-electron chi connectivity index (χ0n) is 11.7. The summed E-state index contributed by atoms with van der Waals surface area (Å²) in [6.07, 6.45) is 5.02. The predicted molar refractivity (Wildman–Crippen MR) is 71.3 cm³/mol. The third-order valence-corrected chi connectivity index (χ3v) is 3.91. The van der Waals surface area contributed by atoms with Gasteiger partial charge in [0.25, 0.3) is 0 Å². The van der Waals surface area contributed by atoms with Crippen LogP contribution in [0.5, 0.6) is 0 Å². The van der Waals surface area contributed by atoms with Crippen molar-refractivity contribution >= 4 is 0 Å². The van der Waals surface area contributed by atoms with Crippen molar-refractivity contribution in [2.24, 2.45) is 11.8 Å². The lowest BCUT2D eigenvalue weighted by Crippen LogP contribution is -2.37. The summed E-state index contributed by atoms with van der Waals surface area (Å²) >= 11 is 0. The molecule has 1 aliphatic rings. The van der Waals surface area contributed by atoms with Crippen LogP contribution in [0.3, 0.4) is 0 Å². The van der Waals surface area contributed by atoms with Crippen molar-refractivity contribution in [2.45, 2.75) is 45.6 Å². The summed E-state index contributed by atoms with van der Waals surface area (Å²) in [6, 6.07) is 0.712. The number of hydrogen-bond acceptors (Lipinski definition) is 3. The van der Waals surface area contributed by atoms with E-state index >= 15 is 0 Å². The summed E-state index contributed by atoms with van der Waals surface area (Å²) in [5.41, 5.74) is 0. The average Bonchev–Trinajstić information content (AvgIpc) is 2.32. The maximum Gasteiger partial charge on any atom is 0.0591 e. The van der Waals surface area contributed by atoms with Gasteiger partial charge in [0.1, 0.15) is 0 Å². The average molecular weight is 243 g/mol. The van der Waals surface area contributed by atoms with Gasteiger partial charge in [0, 0.05) is 32.9 Å². The quantitative estimate of drug-likeness (QED) is 0.664. The Hall–Kier alpha value is -0.120. The second-order valence-corrected chi connectivity index (χ2v) is 5.38. The fraction of sp³-hybridized carbons (Fsp3) is 1.00. The van der Waals surface area contributed by atoms with Gasteiger partial charge < -0.3 is 14.8 Å². The normalized spacial score (nSPS) is 29.5. The van der Waals surface area contributed by atoms with Gasteiger partial charge >= 0.3 is 0 Å². The van der Waals surface area contributed by atoms with Crippen molar-refractivity contribution in [3.8, 4) is 0 Å². The lowest BCUT2D eigenvalue weighted by atomic mass is 9.79. The lowest BCUT2D eigenvalue weighted by molar-refractivity contribution is 0.100. The molecule has 0 saturated heterocycles. The Morgan fingerprint density at radius 1 is 1.06 bits per heavy atom. The molecule has 0 aromatic carbocycles. The van der Waals surface area contributed by atoms with Crippen molar-refractivity contribution in [2.75, 3.05) is 33.5 Å². The van der Waals surface area contributed by atoms with Crippen LogP contribution in [0.4, 0.5) is 0 Å². The van der Waals surface area contributed by atoms with Crippen LogP contribution in [-0.4, -0.2) is 39.5 Å². The molecule has 3 heteroatoms. The van der Waals surface area contributed by atoms with Gasteiger partial charge in [-0.05, 0) is 37.5 Å². The Balaban J connectivity index is 1.92. The highest BCUT2D eigenvalue weighted by atomic mass is 16.5. The highest BCUT2D eigenvalue weighted by Gasteiger charge is 2.23. The molecule has 1 N–H and O–H groups in total. The summed E-state index contributed by atoms with van der Waals surface area (Å²) < 4.78 is 10.5. The lowest BCUT2D eigenvalue weighted by Gasteiger charge is -2.32. The van der Waals surface area contributed by atoms with Crippen LogP contribution in [-0.2, 0) is 9.47 Å². The van der Waals surface area contributed by atoms with Gasteiger partial charge in [0.15, 0.2) is 0 Å². The van der Waals surface area contributed by atoms with E-state index in [0.29, 0.717) is 6.04 Å². The van der Waals surface area contributed by atoms with Crippen LogP contribution in [0.25, 0.3) is 0 Å². The zero-order chi connectivity index (χ0) is 12.5. The summed E-state index contributed by atoms with van der Waals surface area (Å²) in [5.74, 6) is 1.77. The van der Waals surface area contributed by atoms with Crippen LogP contribution in [0.15, 0.2) is 0 Å².